The number of esters is 1. The van der Waals surface area contributed by atoms with Crippen LogP contribution in [0.1, 0.15) is 33.2 Å². The minimum absolute atomic E-state index is 0.000105. The Bertz CT molecular complexity index is 805. The molecule has 0 spiro atoms. The summed E-state index contributed by atoms with van der Waals surface area (Å²) in [6.07, 6.45) is -3.24. The summed E-state index contributed by atoms with van der Waals surface area (Å²) in [4.78, 5) is 26.8. The van der Waals surface area contributed by atoms with Crippen molar-refractivity contribution < 1.29 is 36.6 Å². The zero-order chi connectivity index (χ0) is 18.6. The number of carbonyl (C=O) groups is 2. The van der Waals surface area contributed by atoms with Crippen molar-refractivity contribution in [1.82, 2.24) is 4.98 Å². The highest BCUT2D eigenvalue weighted by Gasteiger charge is 2.31. The first kappa shape index (κ1) is 18.4. The quantitative estimate of drug-likeness (QED) is 0.459. The predicted octanol–water partition coefficient (Wildman–Crippen LogP) is 4.02. The third-order valence-corrected chi connectivity index (χ3v) is 3.02. The van der Waals surface area contributed by atoms with Crippen molar-refractivity contribution >= 4 is 12.3 Å². The lowest BCUT2D eigenvalue weighted by Gasteiger charge is -2.12. The Kier molecular flexibility index (Phi) is 5.35. The van der Waals surface area contributed by atoms with Crippen molar-refractivity contribution in [3.8, 4) is 11.6 Å². The maximum Gasteiger partial charge on any atom is 0.416 e. The Morgan fingerprint density at radius 1 is 1.28 bits per heavy atom. The number of nitrogens with zero attached hydrogens (tertiary/aromatic N) is 1. The number of rotatable bonds is 5. The Morgan fingerprint density at radius 2 is 2.00 bits per heavy atom. The van der Waals surface area contributed by atoms with Crippen molar-refractivity contribution in [1.29, 1.82) is 0 Å². The van der Waals surface area contributed by atoms with Gasteiger partial charge < -0.3 is 9.47 Å². The molecule has 1 aromatic heterocycles. The summed E-state index contributed by atoms with van der Waals surface area (Å²) in [5.74, 6) is -3.28. The number of benzene rings is 1. The summed E-state index contributed by atoms with van der Waals surface area (Å²) in [5, 5.41) is 0. The van der Waals surface area contributed by atoms with Gasteiger partial charge >= 0.3 is 12.1 Å². The van der Waals surface area contributed by atoms with Gasteiger partial charge in [-0.15, -0.1) is 0 Å². The lowest BCUT2D eigenvalue weighted by molar-refractivity contribution is -0.137. The molecule has 0 aliphatic heterocycles. The highest BCUT2D eigenvalue weighted by molar-refractivity contribution is 6.00. The molecule has 2 rings (SSSR count). The molecule has 0 N–H and O–H groups in total. The van der Waals surface area contributed by atoms with E-state index < -0.39 is 35.2 Å². The van der Waals surface area contributed by atoms with E-state index in [9.17, 15) is 27.2 Å². The lowest BCUT2D eigenvalue weighted by atomic mass is 10.1. The summed E-state index contributed by atoms with van der Waals surface area (Å²) in [5.41, 5.74) is -1.66. The SMILES string of the molecule is CCOC(=O)c1c(C=O)ccnc1Oc1ccc(C(F)(F)F)cc1F. The van der Waals surface area contributed by atoms with Crippen LogP contribution in [0.15, 0.2) is 30.5 Å². The van der Waals surface area contributed by atoms with E-state index in [1.165, 1.54) is 13.0 Å². The molecule has 0 aliphatic rings. The second-order valence-corrected chi connectivity index (χ2v) is 4.66. The number of carbonyl (C=O) groups excluding carboxylic acids is 2. The lowest BCUT2D eigenvalue weighted by Crippen LogP contribution is -2.11. The van der Waals surface area contributed by atoms with Gasteiger partial charge in [0.2, 0.25) is 5.88 Å². The minimum atomic E-state index is -4.72. The molecule has 0 radical (unpaired) electrons. The second kappa shape index (κ2) is 7.29. The van der Waals surface area contributed by atoms with Gasteiger partial charge in [0, 0.05) is 11.8 Å². The number of halogens is 4. The average Bonchev–Trinajstić information content (AvgIpc) is 2.55. The smallest absolute Gasteiger partial charge is 0.416 e. The zero-order valence-corrected chi connectivity index (χ0v) is 12.8. The molecule has 5 nitrogen and oxygen atoms in total. The normalized spacial score (nSPS) is 11.1. The van der Waals surface area contributed by atoms with Gasteiger partial charge in [0.05, 0.1) is 12.2 Å². The van der Waals surface area contributed by atoms with Crippen LogP contribution in [0, 0.1) is 5.82 Å². The zero-order valence-electron chi connectivity index (χ0n) is 12.8. The minimum Gasteiger partial charge on any atom is -0.462 e. The average molecular weight is 357 g/mol. The third-order valence-electron chi connectivity index (χ3n) is 3.02. The Balaban J connectivity index is 2.44. The van der Waals surface area contributed by atoms with Crippen LogP contribution in [-0.4, -0.2) is 23.8 Å². The molecule has 0 atom stereocenters. The maximum atomic E-state index is 13.9. The summed E-state index contributed by atoms with van der Waals surface area (Å²) < 4.78 is 61.5. The highest BCUT2D eigenvalue weighted by Crippen LogP contribution is 2.34. The number of pyridine rings is 1. The van der Waals surface area contributed by atoms with Crippen molar-refractivity contribution in [2.75, 3.05) is 6.61 Å². The van der Waals surface area contributed by atoms with Crippen LogP contribution in [0.3, 0.4) is 0 Å². The molecular formula is C16H11F4NO4. The van der Waals surface area contributed by atoms with E-state index in [0.29, 0.717) is 12.4 Å². The van der Waals surface area contributed by atoms with Gasteiger partial charge in [-0.3, -0.25) is 4.79 Å². The molecule has 0 saturated carbocycles. The van der Waals surface area contributed by atoms with E-state index in [-0.39, 0.29) is 23.8 Å². The van der Waals surface area contributed by atoms with E-state index in [0.717, 1.165) is 12.3 Å². The fourth-order valence-electron chi connectivity index (χ4n) is 1.90. The fourth-order valence-corrected chi connectivity index (χ4v) is 1.90. The molecule has 0 amide bonds. The van der Waals surface area contributed by atoms with Gasteiger partial charge in [0.15, 0.2) is 17.9 Å². The predicted molar refractivity (Wildman–Crippen MR) is 77.1 cm³/mol. The Morgan fingerprint density at radius 3 is 2.56 bits per heavy atom. The van der Waals surface area contributed by atoms with Crippen LogP contribution in [0.4, 0.5) is 17.6 Å². The van der Waals surface area contributed by atoms with Gasteiger partial charge in [0.25, 0.3) is 0 Å². The number of aromatic nitrogens is 1. The number of ether oxygens (including phenoxy) is 2. The number of alkyl halides is 3. The fraction of sp³-hybridized carbons (Fsp3) is 0.188. The Labute approximate surface area is 139 Å². The summed E-state index contributed by atoms with van der Waals surface area (Å²) in [6.45, 7) is 1.53. The van der Waals surface area contributed by atoms with Crippen molar-refractivity contribution in [2.45, 2.75) is 13.1 Å². The second-order valence-electron chi connectivity index (χ2n) is 4.66. The van der Waals surface area contributed by atoms with Gasteiger partial charge in [0.1, 0.15) is 5.56 Å². The van der Waals surface area contributed by atoms with E-state index in [1.54, 1.807) is 0 Å². The molecule has 0 aliphatic carbocycles. The summed E-state index contributed by atoms with van der Waals surface area (Å²) in [6, 6.07) is 2.84. The topological polar surface area (TPSA) is 65.5 Å². The van der Waals surface area contributed by atoms with E-state index in [4.69, 9.17) is 9.47 Å². The standard InChI is InChI=1S/C16H11F4NO4/c1-2-24-15(23)13-9(8-22)5-6-21-14(13)25-12-4-3-10(7-11(12)17)16(18,19)20/h3-8H,2H2,1H3. The largest absolute Gasteiger partial charge is 0.462 e. The molecule has 25 heavy (non-hydrogen) atoms. The molecule has 2 aromatic rings. The number of aldehydes is 1. The van der Waals surface area contributed by atoms with E-state index >= 15 is 0 Å². The van der Waals surface area contributed by atoms with Crippen molar-refractivity contribution in [3.05, 3.63) is 53.0 Å². The molecule has 0 saturated heterocycles. The van der Waals surface area contributed by atoms with Crippen molar-refractivity contribution in [3.63, 3.8) is 0 Å². The van der Waals surface area contributed by atoms with Gasteiger partial charge in [-0.05, 0) is 31.2 Å². The van der Waals surface area contributed by atoms with Crippen LogP contribution in [0.25, 0.3) is 0 Å². The van der Waals surface area contributed by atoms with Crippen LogP contribution in [0.5, 0.6) is 11.6 Å². The number of hydrogen-bond acceptors (Lipinski definition) is 5. The summed E-state index contributed by atoms with van der Waals surface area (Å²) >= 11 is 0. The van der Waals surface area contributed by atoms with Crippen LogP contribution < -0.4 is 4.74 Å². The van der Waals surface area contributed by atoms with E-state index in [2.05, 4.69) is 4.98 Å². The highest BCUT2D eigenvalue weighted by atomic mass is 19.4. The first-order chi connectivity index (χ1) is 11.8. The molecule has 1 aromatic carbocycles. The molecule has 1 heterocycles. The van der Waals surface area contributed by atoms with Gasteiger partial charge in [-0.2, -0.15) is 13.2 Å². The Hall–Kier alpha value is -2.97. The van der Waals surface area contributed by atoms with Gasteiger partial charge in [-0.25, -0.2) is 14.2 Å². The van der Waals surface area contributed by atoms with E-state index in [1.807, 2.05) is 0 Å². The van der Waals surface area contributed by atoms with Crippen LogP contribution in [-0.2, 0) is 10.9 Å². The molecule has 0 unspecified atom stereocenters. The molecule has 9 heteroatoms. The van der Waals surface area contributed by atoms with Crippen LogP contribution in [0.2, 0.25) is 0 Å². The number of hydrogen-bond donors (Lipinski definition) is 0. The molecule has 0 fully saturated rings. The molecule has 0 bridgehead atoms. The summed E-state index contributed by atoms with van der Waals surface area (Å²) in [7, 11) is 0. The van der Waals surface area contributed by atoms with Gasteiger partial charge in [-0.1, -0.05) is 0 Å². The third kappa shape index (κ3) is 4.11. The first-order valence-corrected chi connectivity index (χ1v) is 6.93. The molecule has 132 valence electrons. The maximum absolute atomic E-state index is 13.9. The monoisotopic (exact) mass is 357 g/mol. The van der Waals surface area contributed by atoms with Crippen molar-refractivity contribution in [2.24, 2.45) is 0 Å². The molecular weight excluding hydrogens is 346 g/mol. The first-order valence-electron chi connectivity index (χ1n) is 6.93. The van der Waals surface area contributed by atoms with Crippen LogP contribution >= 0.6 is 0 Å².